The molecule has 0 saturated heterocycles. The largest absolute Gasteiger partial charge is 0.494 e. The molecular formula is C33H37N9O5. The molecule has 2 atom stereocenters. The van der Waals surface area contributed by atoms with Crippen molar-refractivity contribution in [2.45, 2.75) is 68.9 Å². The van der Waals surface area contributed by atoms with Crippen LogP contribution in [0.2, 0.25) is 0 Å². The van der Waals surface area contributed by atoms with E-state index in [4.69, 9.17) is 25.1 Å². The van der Waals surface area contributed by atoms with Crippen LogP contribution in [0.4, 0.5) is 5.69 Å². The molecule has 14 nitrogen and oxygen atoms in total. The number of nitrogens with zero attached hydrogens (tertiary/aromatic N) is 7. The predicted molar refractivity (Wildman–Crippen MR) is 175 cm³/mol. The van der Waals surface area contributed by atoms with Gasteiger partial charge in [-0.15, -0.1) is 0 Å². The second kappa shape index (κ2) is 15.9. The molecule has 0 radical (unpaired) electrons. The minimum absolute atomic E-state index is 0.00542. The number of aliphatic hydroxyl groups is 2. The second-order valence-electron chi connectivity index (χ2n) is 11.5. The molecule has 1 aliphatic carbocycles. The number of amides is 1. The fraction of sp³-hybridized carbons (Fsp3) is 0.394. The number of hydrogen-bond donors (Lipinski definition) is 4. The first-order chi connectivity index (χ1) is 23.0. The molecule has 1 saturated carbocycles. The molecule has 1 aliphatic heterocycles. The van der Waals surface area contributed by atoms with Crippen molar-refractivity contribution < 1.29 is 24.5 Å². The van der Waals surface area contributed by atoms with Gasteiger partial charge in [-0.25, -0.2) is 10.4 Å². The summed E-state index contributed by atoms with van der Waals surface area (Å²) in [5.74, 6) is 0.348. The number of aliphatic imine (C=N–C) groups is 1. The Balaban J connectivity index is 1.60. The maximum Gasteiger partial charge on any atom is 0.266 e. The van der Waals surface area contributed by atoms with Crippen LogP contribution in [0.1, 0.15) is 60.5 Å². The van der Waals surface area contributed by atoms with Gasteiger partial charge in [0.05, 0.1) is 19.3 Å². The second-order valence-corrected chi connectivity index (χ2v) is 11.5. The average Bonchev–Trinajstić information content (AvgIpc) is 3.48. The van der Waals surface area contributed by atoms with Gasteiger partial charge in [0.25, 0.3) is 5.91 Å². The third kappa shape index (κ3) is 8.01. The Morgan fingerprint density at radius 3 is 2.45 bits per heavy atom. The maximum atomic E-state index is 14.6. The van der Waals surface area contributed by atoms with Crippen LogP contribution in [0.25, 0.3) is 20.9 Å². The number of aliphatic hydroxyl groups excluding tert-OH is 2. The van der Waals surface area contributed by atoms with E-state index in [1.165, 1.54) is 0 Å². The number of nitrogens with one attached hydrogen (secondary N) is 2. The third-order valence-corrected chi connectivity index (χ3v) is 8.36. The quantitative estimate of drug-likeness (QED) is 0.0577. The highest BCUT2D eigenvalue weighted by Crippen LogP contribution is 2.44. The Morgan fingerprint density at radius 1 is 1.00 bits per heavy atom. The Hall–Kier alpha value is -5.10. The molecule has 47 heavy (non-hydrogen) atoms. The summed E-state index contributed by atoms with van der Waals surface area (Å²) in [6.07, 6.45) is 1.79. The van der Waals surface area contributed by atoms with Crippen LogP contribution in [-0.4, -0.2) is 52.9 Å². The fourth-order valence-electron chi connectivity index (χ4n) is 5.89. The van der Waals surface area contributed by atoms with Crippen LogP contribution in [0.15, 0.2) is 88.0 Å². The molecular weight excluding hydrogens is 602 g/mol. The topological polar surface area (TPSA) is 210 Å². The number of azide groups is 2. The van der Waals surface area contributed by atoms with Gasteiger partial charge in [0, 0.05) is 46.6 Å². The van der Waals surface area contributed by atoms with E-state index < -0.39 is 17.6 Å². The van der Waals surface area contributed by atoms with Gasteiger partial charge >= 0.3 is 0 Å². The molecule has 3 aromatic carbocycles. The van der Waals surface area contributed by atoms with Crippen LogP contribution in [0.5, 0.6) is 5.75 Å². The number of hydrogen-bond acceptors (Lipinski definition) is 9. The lowest BCUT2D eigenvalue weighted by Gasteiger charge is -2.33. The van der Waals surface area contributed by atoms with Gasteiger partial charge < -0.3 is 19.7 Å². The molecule has 0 bridgehead atoms. The zero-order chi connectivity index (χ0) is 33.1. The molecule has 0 spiro atoms. The lowest BCUT2D eigenvalue weighted by molar-refractivity contribution is -0.130. The zero-order valence-electron chi connectivity index (χ0n) is 25.8. The lowest BCUT2D eigenvalue weighted by atomic mass is 9.80. The molecule has 5 rings (SSSR count). The zero-order valence-corrected chi connectivity index (χ0v) is 25.8. The summed E-state index contributed by atoms with van der Waals surface area (Å²) in [6.45, 7) is 0.408. The van der Waals surface area contributed by atoms with E-state index in [9.17, 15) is 15.4 Å². The van der Waals surface area contributed by atoms with Crippen molar-refractivity contribution in [3.8, 4) is 5.75 Å². The molecule has 2 aliphatic rings. The maximum absolute atomic E-state index is 14.6. The van der Waals surface area contributed by atoms with Crippen molar-refractivity contribution in [1.82, 2.24) is 10.9 Å². The highest BCUT2D eigenvalue weighted by Gasteiger charge is 2.54. The van der Waals surface area contributed by atoms with Gasteiger partial charge in [0.1, 0.15) is 5.75 Å². The molecule has 3 aromatic rings. The van der Waals surface area contributed by atoms with Gasteiger partial charge in [0.2, 0.25) is 5.90 Å². The van der Waals surface area contributed by atoms with Gasteiger partial charge in [-0.1, -0.05) is 58.8 Å². The number of rotatable bonds is 14. The summed E-state index contributed by atoms with van der Waals surface area (Å²) in [7, 11) is 0. The minimum atomic E-state index is -1.61. The summed E-state index contributed by atoms with van der Waals surface area (Å²) in [4.78, 5) is 25.6. The SMILES string of the molecule is [N-]=[N+]=NCc1ccccc1[C@@H]1OC(c2ccc(OCCCO)cc2)=N[C@]1(Cc1ccccc1N=[N+]=[N-])C(=O)NNC1CCC(O)CC1. The van der Waals surface area contributed by atoms with E-state index in [1.54, 1.807) is 48.5 Å². The number of benzene rings is 3. The smallest absolute Gasteiger partial charge is 0.266 e. The Kier molecular flexibility index (Phi) is 11.3. The summed E-state index contributed by atoms with van der Waals surface area (Å²) in [5, 5.41) is 26.7. The van der Waals surface area contributed by atoms with Gasteiger partial charge in [0.15, 0.2) is 11.6 Å². The lowest BCUT2D eigenvalue weighted by Crippen LogP contribution is -2.56. The number of ether oxygens (including phenoxy) is 2. The van der Waals surface area contributed by atoms with Crippen molar-refractivity contribution in [3.63, 3.8) is 0 Å². The van der Waals surface area contributed by atoms with Crippen LogP contribution in [-0.2, 0) is 22.5 Å². The first-order valence-corrected chi connectivity index (χ1v) is 15.5. The van der Waals surface area contributed by atoms with Crippen LogP contribution >= 0.6 is 0 Å². The van der Waals surface area contributed by atoms with E-state index in [0.717, 1.165) is 0 Å². The van der Waals surface area contributed by atoms with E-state index >= 15 is 0 Å². The first-order valence-electron chi connectivity index (χ1n) is 15.5. The average molecular weight is 640 g/mol. The summed E-state index contributed by atoms with van der Waals surface area (Å²) in [5.41, 5.74) is 25.7. The summed E-state index contributed by atoms with van der Waals surface area (Å²) >= 11 is 0. The highest BCUT2D eigenvalue weighted by molar-refractivity contribution is 6.01. The molecule has 244 valence electrons. The summed E-state index contributed by atoms with van der Waals surface area (Å²) < 4.78 is 12.3. The van der Waals surface area contributed by atoms with Crippen LogP contribution in [0, 0.1) is 0 Å². The third-order valence-electron chi connectivity index (χ3n) is 8.36. The van der Waals surface area contributed by atoms with Gasteiger partial charge in [-0.2, -0.15) is 0 Å². The first kappa shape index (κ1) is 33.3. The predicted octanol–water partition coefficient (Wildman–Crippen LogP) is 5.62. The van der Waals surface area contributed by atoms with Crippen molar-refractivity contribution in [2.75, 3.05) is 13.2 Å². The standard InChI is InChI=1S/C33H37N9O5/c34-41-36-21-24-7-1-3-8-28(24)30-33(20-23-6-2-4-9-29(23)39-42-35,32(45)40-38-25-12-14-26(44)15-13-25)37-31(47-30)22-10-16-27(17-11-22)46-19-5-18-43/h1-4,6-11,16-17,25-26,30,38,43-44H,5,12-15,18-21H2,(H,40,45)/t25?,26?,30-,33-/m0/s1. The molecule has 4 N–H and O–H groups in total. The van der Waals surface area contributed by atoms with Crippen molar-refractivity contribution >= 4 is 17.5 Å². The molecule has 0 aromatic heterocycles. The number of carbonyl (C=O) groups is 1. The van der Waals surface area contributed by atoms with Crippen molar-refractivity contribution in [3.05, 3.63) is 116 Å². The Labute approximate surface area is 271 Å². The van der Waals surface area contributed by atoms with Crippen molar-refractivity contribution in [2.24, 2.45) is 15.2 Å². The van der Waals surface area contributed by atoms with E-state index in [0.29, 0.717) is 72.4 Å². The van der Waals surface area contributed by atoms with E-state index in [1.807, 2.05) is 24.3 Å². The van der Waals surface area contributed by atoms with E-state index in [-0.39, 0.29) is 37.6 Å². The molecule has 1 fully saturated rings. The number of carbonyl (C=O) groups excluding carboxylic acids is 1. The van der Waals surface area contributed by atoms with Gasteiger partial charge in [-0.05, 0) is 77.7 Å². The fourth-order valence-corrected chi connectivity index (χ4v) is 5.89. The molecule has 14 heteroatoms. The monoisotopic (exact) mass is 639 g/mol. The number of hydrazine groups is 1. The normalized spacial score (nSPS) is 21.8. The Bertz CT molecular complexity index is 1660. The molecule has 1 heterocycles. The van der Waals surface area contributed by atoms with Crippen molar-refractivity contribution in [1.29, 1.82) is 0 Å². The van der Waals surface area contributed by atoms with Crippen LogP contribution < -0.4 is 15.6 Å². The molecule has 1 amide bonds. The van der Waals surface area contributed by atoms with Gasteiger partial charge in [-0.3, -0.25) is 10.2 Å². The van der Waals surface area contributed by atoms with E-state index in [2.05, 4.69) is 30.9 Å². The minimum Gasteiger partial charge on any atom is -0.494 e. The summed E-state index contributed by atoms with van der Waals surface area (Å²) in [6, 6.07) is 21.3. The highest BCUT2D eigenvalue weighted by atomic mass is 16.5. The Morgan fingerprint density at radius 2 is 1.72 bits per heavy atom. The van der Waals surface area contributed by atoms with Crippen LogP contribution in [0.3, 0.4) is 0 Å². The molecule has 0 unspecified atom stereocenters.